The lowest BCUT2D eigenvalue weighted by molar-refractivity contribution is 0.102. The molecule has 1 fully saturated rings. The molecule has 0 spiro atoms. The first-order valence-electron chi connectivity index (χ1n) is 12.0. The lowest BCUT2D eigenvalue weighted by atomic mass is 9.84. The Morgan fingerprint density at radius 1 is 0.969 bits per heavy atom. The molecule has 7 heteroatoms. The molecule has 0 radical (unpaired) electrons. The number of benzene rings is 1. The number of aromatic nitrogens is 2. The fraction of sp³-hybridized carbons (Fsp3) is 0.640. The van der Waals surface area contributed by atoms with Crippen LogP contribution < -0.4 is 10.6 Å². The van der Waals surface area contributed by atoms with Crippen molar-refractivity contribution >= 4 is 27.5 Å². The molecule has 6 nitrogen and oxygen atoms in total. The van der Waals surface area contributed by atoms with E-state index in [2.05, 4.69) is 79.4 Å². The second kappa shape index (κ2) is 11.2. The summed E-state index contributed by atoms with van der Waals surface area (Å²) in [6.07, 6.45) is 3.73. The van der Waals surface area contributed by atoms with E-state index in [0.29, 0.717) is 11.0 Å². The third-order valence-electron chi connectivity index (χ3n) is 6.13. The van der Waals surface area contributed by atoms with Crippen LogP contribution in [0, 0.1) is 0 Å². The summed E-state index contributed by atoms with van der Waals surface area (Å²) in [6, 6.07) is 4.40. The van der Waals surface area contributed by atoms with Crippen molar-refractivity contribution in [1.29, 1.82) is 0 Å². The number of carbonyl (C=O) groups is 1. The monoisotopic (exact) mass is 457 g/mol. The van der Waals surface area contributed by atoms with Gasteiger partial charge in [-0.05, 0) is 73.3 Å². The second-order valence-electron chi connectivity index (χ2n) is 9.73. The molecule has 3 rings (SSSR count). The molecule has 1 saturated heterocycles. The zero-order valence-electron chi connectivity index (χ0n) is 20.5. The van der Waals surface area contributed by atoms with Gasteiger partial charge in [0.15, 0.2) is 0 Å². The van der Waals surface area contributed by atoms with Crippen molar-refractivity contribution in [3.05, 3.63) is 34.4 Å². The van der Waals surface area contributed by atoms with E-state index >= 15 is 0 Å². The van der Waals surface area contributed by atoms with Crippen molar-refractivity contribution in [2.75, 3.05) is 36.8 Å². The van der Waals surface area contributed by atoms with Crippen LogP contribution in [0.1, 0.15) is 106 Å². The zero-order chi connectivity index (χ0) is 23.3. The second-order valence-corrected chi connectivity index (χ2v) is 10.7. The van der Waals surface area contributed by atoms with Crippen LogP contribution in [0.5, 0.6) is 0 Å². The minimum Gasteiger partial charge on any atom is -0.360 e. The standard InChI is InChI=1S/C25H39N5OS/c1-16(2)19-14-20(17(3)4)22(21(15-19)18(5)6)23(31)27-25-29-28-24(32-25)26-10-9-13-30-11-7-8-12-30/h14-18H,7-13H2,1-6H3,(H,26,28)(H,27,29,31). The van der Waals surface area contributed by atoms with Gasteiger partial charge in [0.05, 0.1) is 0 Å². The van der Waals surface area contributed by atoms with Gasteiger partial charge < -0.3 is 10.2 Å². The normalized spacial score (nSPS) is 14.7. The van der Waals surface area contributed by atoms with Crippen LogP contribution in [-0.2, 0) is 0 Å². The maximum absolute atomic E-state index is 13.4. The van der Waals surface area contributed by atoms with Gasteiger partial charge in [-0.1, -0.05) is 65.0 Å². The van der Waals surface area contributed by atoms with E-state index in [1.807, 2.05) is 0 Å². The summed E-state index contributed by atoms with van der Waals surface area (Å²) in [7, 11) is 0. The fourth-order valence-electron chi connectivity index (χ4n) is 4.23. The van der Waals surface area contributed by atoms with E-state index < -0.39 is 0 Å². The highest BCUT2D eigenvalue weighted by molar-refractivity contribution is 7.19. The first-order chi connectivity index (χ1) is 15.3. The predicted octanol–water partition coefficient (Wildman–Crippen LogP) is 6.06. The van der Waals surface area contributed by atoms with Crippen molar-refractivity contribution in [3.8, 4) is 0 Å². The van der Waals surface area contributed by atoms with Crippen LogP contribution in [0.25, 0.3) is 0 Å². The van der Waals surface area contributed by atoms with Crippen LogP contribution >= 0.6 is 11.3 Å². The molecule has 1 amide bonds. The highest BCUT2D eigenvalue weighted by Gasteiger charge is 2.23. The Hall–Kier alpha value is -1.99. The summed E-state index contributed by atoms with van der Waals surface area (Å²) in [5.74, 6) is 0.845. The number of nitrogens with one attached hydrogen (secondary N) is 2. The Balaban J connectivity index is 1.68. The van der Waals surface area contributed by atoms with Crippen molar-refractivity contribution in [3.63, 3.8) is 0 Å². The van der Waals surface area contributed by atoms with Crippen LogP contribution in [0.2, 0.25) is 0 Å². The molecule has 176 valence electrons. The molecule has 2 aromatic rings. The molecule has 1 aromatic heterocycles. The Kier molecular flexibility index (Phi) is 8.65. The molecule has 0 atom stereocenters. The maximum atomic E-state index is 13.4. The van der Waals surface area contributed by atoms with E-state index in [-0.39, 0.29) is 17.7 Å². The van der Waals surface area contributed by atoms with Gasteiger partial charge in [0.2, 0.25) is 10.3 Å². The molecule has 1 aliphatic heterocycles. The molecule has 0 aliphatic carbocycles. The van der Waals surface area contributed by atoms with Crippen molar-refractivity contribution in [2.45, 2.75) is 78.6 Å². The Bertz CT molecular complexity index is 870. The quantitative estimate of drug-likeness (QED) is 0.425. The number of likely N-dealkylation sites (tertiary alicyclic amines) is 1. The van der Waals surface area contributed by atoms with Crippen molar-refractivity contribution in [1.82, 2.24) is 15.1 Å². The van der Waals surface area contributed by atoms with E-state index in [1.165, 1.54) is 42.8 Å². The summed E-state index contributed by atoms with van der Waals surface area (Å²) < 4.78 is 0. The zero-order valence-corrected chi connectivity index (χ0v) is 21.3. The minimum atomic E-state index is -0.0931. The number of nitrogens with zero attached hydrogens (tertiary/aromatic N) is 3. The van der Waals surface area contributed by atoms with Gasteiger partial charge >= 0.3 is 0 Å². The number of anilines is 2. The van der Waals surface area contributed by atoms with Gasteiger partial charge in [-0.3, -0.25) is 10.1 Å². The van der Waals surface area contributed by atoms with Crippen LogP contribution in [-0.4, -0.2) is 47.2 Å². The molecular weight excluding hydrogens is 418 g/mol. The summed E-state index contributed by atoms with van der Waals surface area (Å²) in [6.45, 7) is 17.4. The molecule has 1 aliphatic rings. The number of amides is 1. The molecular formula is C25H39N5OS. The summed E-state index contributed by atoms with van der Waals surface area (Å²) in [5, 5.41) is 16.1. The largest absolute Gasteiger partial charge is 0.360 e. The molecule has 0 saturated carbocycles. The number of hydrogen-bond donors (Lipinski definition) is 2. The maximum Gasteiger partial charge on any atom is 0.258 e. The van der Waals surface area contributed by atoms with Gasteiger partial charge in [-0.2, -0.15) is 0 Å². The van der Waals surface area contributed by atoms with Crippen molar-refractivity contribution in [2.24, 2.45) is 0 Å². The summed E-state index contributed by atoms with van der Waals surface area (Å²) in [5.41, 5.74) is 4.27. The van der Waals surface area contributed by atoms with Crippen LogP contribution in [0.3, 0.4) is 0 Å². The first-order valence-corrected chi connectivity index (χ1v) is 12.9. The summed E-state index contributed by atoms with van der Waals surface area (Å²) in [4.78, 5) is 15.9. The average molecular weight is 458 g/mol. The first kappa shape index (κ1) is 24.6. The predicted molar refractivity (Wildman–Crippen MR) is 135 cm³/mol. The van der Waals surface area contributed by atoms with E-state index in [0.717, 1.165) is 41.3 Å². The third kappa shape index (κ3) is 6.29. The smallest absolute Gasteiger partial charge is 0.258 e. The average Bonchev–Trinajstić information content (AvgIpc) is 3.42. The Labute approximate surface area is 197 Å². The van der Waals surface area contributed by atoms with E-state index in [1.54, 1.807) is 0 Å². The molecule has 2 heterocycles. The minimum absolute atomic E-state index is 0.0931. The van der Waals surface area contributed by atoms with Crippen LogP contribution in [0.15, 0.2) is 12.1 Å². The van der Waals surface area contributed by atoms with E-state index in [9.17, 15) is 4.79 Å². The van der Waals surface area contributed by atoms with Crippen LogP contribution in [0.4, 0.5) is 10.3 Å². The highest BCUT2D eigenvalue weighted by Crippen LogP contribution is 2.33. The van der Waals surface area contributed by atoms with Gasteiger partial charge in [0, 0.05) is 12.1 Å². The van der Waals surface area contributed by atoms with Gasteiger partial charge in [0.25, 0.3) is 5.91 Å². The van der Waals surface area contributed by atoms with E-state index in [4.69, 9.17) is 0 Å². The molecule has 1 aromatic carbocycles. The molecule has 32 heavy (non-hydrogen) atoms. The SMILES string of the molecule is CC(C)c1cc(C(C)C)c(C(=O)Nc2nnc(NCCCN3CCCC3)s2)c(C(C)C)c1. The van der Waals surface area contributed by atoms with Crippen molar-refractivity contribution < 1.29 is 4.79 Å². The van der Waals surface area contributed by atoms with Gasteiger partial charge in [-0.15, -0.1) is 10.2 Å². The molecule has 0 bridgehead atoms. The topological polar surface area (TPSA) is 70.1 Å². The molecule has 2 N–H and O–H groups in total. The highest BCUT2D eigenvalue weighted by atomic mass is 32.1. The fourth-order valence-corrected chi connectivity index (χ4v) is 4.89. The van der Waals surface area contributed by atoms with Gasteiger partial charge in [-0.25, -0.2) is 0 Å². The Morgan fingerprint density at radius 2 is 1.56 bits per heavy atom. The number of hydrogen-bond acceptors (Lipinski definition) is 6. The number of rotatable bonds is 10. The summed E-state index contributed by atoms with van der Waals surface area (Å²) >= 11 is 1.40. The third-order valence-corrected chi connectivity index (χ3v) is 6.93. The van der Waals surface area contributed by atoms with Gasteiger partial charge in [0.1, 0.15) is 0 Å². The lowest BCUT2D eigenvalue weighted by Crippen LogP contribution is -2.22. The lowest BCUT2D eigenvalue weighted by Gasteiger charge is -2.22. The molecule has 0 unspecified atom stereocenters. The number of carbonyl (C=O) groups excluding carboxylic acids is 1. The Morgan fingerprint density at radius 3 is 2.12 bits per heavy atom.